The second-order valence-electron chi connectivity index (χ2n) is 7.62. The molecule has 4 rings (SSSR count). The lowest BCUT2D eigenvalue weighted by molar-refractivity contribution is -0.117. The minimum atomic E-state index is -0.261. The minimum Gasteiger partial charge on any atom is -0.493 e. The standard InChI is InChI=1S/C24H22BrClO4S2/c1-28-20-9-15(18(25)12-21(20)30-13-14-5-2-3-7-19(14)26)10-22-23(27)17(24(31)32-22)11-16-6-4-8-29-16/h2-3,5,7,9-10,12,16-17H,4,6,8,11,13H2,1H3/b22-10-/t16-,17-/m0/s1. The fraction of sp³-hybridized carbons (Fsp3) is 0.333. The molecule has 0 saturated carbocycles. The number of methoxy groups -OCH3 is 1. The van der Waals surface area contributed by atoms with Gasteiger partial charge in [0.25, 0.3) is 0 Å². The molecule has 0 aliphatic carbocycles. The van der Waals surface area contributed by atoms with E-state index in [1.165, 1.54) is 11.8 Å². The average Bonchev–Trinajstić information content (AvgIpc) is 3.39. The average molecular weight is 554 g/mol. The Hall–Kier alpha value is -1.38. The van der Waals surface area contributed by atoms with Gasteiger partial charge in [0.05, 0.1) is 28.2 Å². The summed E-state index contributed by atoms with van der Waals surface area (Å²) in [5.74, 6) is 0.961. The van der Waals surface area contributed by atoms with E-state index in [1.807, 2.05) is 42.5 Å². The van der Waals surface area contributed by atoms with E-state index in [1.54, 1.807) is 7.11 Å². The zero-order valence-electron chi connectivity index (χ0n) is 17.4. The maximum Gasteiger partial charge on any atom is 0.178 e. The van der Waals surface area contributed by atoms with E-state index in [-0.39, 0.29) is 17.8 Å². The van der Waals surface area contributed by atoms with Crippen molar-refractivity contribution in [1.82, 2.24) is 0 Å². The van der Waals surface area contributed by atoms with Gasteiger partial charge in [0.1, 0.15) is 6.61 Å². The monoisotopic (exact) mass is 552 g/mol. The van der Waals surface area contributed by atoms with Crippen molar-refractivity contribution in [1.29, 1.82) is 0 Å². The highest BCUT2D eigenvalue weighted by Gasteiger charge is 2.37. The molecule has 0 N–H and O–H groups in total. The quantitative estimate of drug-likeness (QED) is 0.276. The molecule has 4 nitrogen and oxygen atoms in total. The topological polar surface area (TPSA) is 44.8 Å². The van der Waals surface area contributed by atoms with Gasteiger partial charge in [-0.3, -0.25) is 4.79 Å². The molecule has 32 heavy (non-hydrogen) atoms. The summed E-state index contributed by atoms with van der Waals surface area (Å²) >= 11 is 16.7. The number of Topliss-reactive ketones (excluding diaryl/α,β-unsaturated/α-hetero) is 1. The normalized spacial score (nSPS) is 22.0. The second-order valence-corrected chi connectivity index (χ2v) is 10.7. The molecule has 0 bridgehead atoms. The summed E-state index contributed by atoms with van der Waals surface area (Å²) in [6, 6.07) is 11.2. The molecule has 0 aromatic heterocycles. The number of thiocarbonyl (C=S) groups is 1. The van der Waals surface area contributed by atoms with E-state index in [4.69, 9.17) is 38.0 Å². The van der Waals surface area contributed by atoms with Gasteiger partial charge < -0.3 is 14.2 Å². The zero-order valence-corrected chi connectivity index (χ0v) is 21.4. The van der Waals surface area contributed by atoms with Gasteiger partial charge in [0.15, 0.2) is 17.3 Å². The number of benzene rings is 2. The third kappa shape index (κ3) is 5.39. The van der Waals surface area contributed by atoms with Gasteiger partial charge in [-0.2, -0.15) is 0 Å². The third-order valence-corrected chi connectivity index (χ3v) is 8.10. The zero-order chi connectivity index (χ0) is 22.7. The molecule has 168 valence electrons. The summed E-state index contributed by atoms with van der Waals surface area (Å²) in [4.78, 5) is 13.7. The van der Waals surface area contributed by atoms with E-state index in [0.29, 0.717) is 34.5 Å². The van der Waals surface area contributed by atoms with Crippen LogP contribution in [0.5, 0.6) is 11.5 Å². The first-order chi connectivity index (χ1) is 15.5. The number of ketones is 1. The third-order valence-electron chi connectivity index (χ3n) is 5.49. The fourth-order valence-corrected chi connectivity index (χ4v) is 5.84. The van der Waals surface area contributed by atoms with Crippen LogP contribution in [0.15, 0.2) is 45.8 Å². The summed E-state index contributed by atoms with van der Waals surface area (Å²) in [6.45, 7) is 1.09. The largest absolute Gasteiger partial charge is 0.493 e. The molecule has 2 fully saturated rings. The molecule has 2 saturated heterocycles. The van der Waals surface area contributed by atoms with E-state index < -0.39 is 0 Å². The van der Waals surface area contributed by atoms with Crippen molar-refractivity contribution in [3.8, 4) is 11.5 Å². The Morgan fingerprint density at radius 3 is 2.84 bits per heavy atom. The Kier molecular flexibility index (Phi) is 7.95. The van der Waals surface area contributed by atoms with Crippen LogP contribution in [0.2, 0.25) is 5.02 Å². The van der Waals surface area contributed by atoms with E-state index in [9.17, 15) is 4.79 Å². The van der Waals surface area contributed by atoms with E-state index in [2.05, 4.69) is 15.9 Å². The van der Waals surface area contributed by atoms with Crippen LogP contribution in [0.3, 0.4) is 0 Å². The summed E-state index contributed by atoms with van der Waals surface area (Å²) in [5, 5.41) is 0.650. The van der Waals surface area contributed by atoms with Gasteiger partial charge in [-0.05, 0) is 49.1 Å². The fourth-order valence-electron chi connectivity index (χ4n) is 3.75. The lowest BCUT2D eigenvalue weighted by Gasteiger charge is -2.14. The predicted molar refractivity (Wildman–Crippen MR) is 137 cm³/mol. The Morgan fingerprint density at radius 1 is 1.31 bits per heavy atom. The molecular formula is C24H22BrClO4S2. The molecule has 2 aromatic rings. The van der Waals surface area contributed by atoms with Gasteiger partial charge in [0.2, 0.25) is 0 Å². The molecule has 0 amide bonds. The van der Waals surface area contributed by atoms with Crippen molar-refractivity contribution in [3.05, 3.63) is 61.9 Å². The number of carbonyl (C=O) groups is 1. The number of hydrogen-bond donors (Lipinski definition) is 0. The van der Waals surface area contributed by atoms with Gasteiger partial charge >= 0.3 is 0 Å². The van der Waals surface area contributed by atoms with Crippen LogP contribution in [-0.2, 0) is 16.1 Å². The minimum absolute atomic E-state index is 0.0698. The SMILES string of the molecule is COc1cc(/C=C2\SC(=S)[C@@H](C[C@@H]3CCCO3)C2=O)c(Br)cc1OCc1ccccc1Cl. The highest BCUT2D eigenvalue weighted by atomic mass is 79.9. The van der Waals surface area contributed by atoms with Crippen LogP contribution in [0.1, 0.15) is 30.4 Å². The van der Waals surface area contributed by atoms with Crippen molar-refractivity contribution in [2.24, 2.45) is 5.92 Å². The molecule has 2 aliphatic rings. The van der Waals surface area contributed by atoms with Gasteiger partial charge in [-0.1, -0.05) is 69.7 Å². The highest BCUT2D eigenvalue weighted by Crippen LogP contribution is 2.42. The maximum atomic E-state index is 13.0. The number of thioether (sulfide) groups is 1. The first kappa shape index (κ1) is 23.8. The Morgan fingerprint density at radius 2 is 2.12 bits per heavy atom. The number of carbonyl (C=O) groups excluding carboxylic acids is 1. The van der Waals surface area contributed by atoms with Crippen LogP contribution >= 0.6 is 51.5 Å². The summed E-state index contributed by atoms with van der Waals surface area (Å²) in [6.07, 6.45) is 4.70. The maximum absolute atomic E-state index is 13.0. The number of hydrogen-bond acceptors (Lipinski definition) is 6. The Bertz CT molecular complexity index is 1070. The molecule has 0 unspecified atom stereocenters. The van der Waals surface area contributed by atoms with E-state index >= 15 is 0 Å². The van der Waals surface area contributed by atoms with Crippen LogP contribution in [0.25, 0.3) is 6.08 Å². The molecule has 2 aromatic carbocycles. The molecule has 2 atom stereocenters. The molecular weight excluding hydrogens is 532 g/mol. The van der Waals surface area contributed by atoms with Crippen LogP contribution in [0, 0.1) is 5.92 Å². The van der Waals surface area contributed by atoms with Crippen LogP contribution in [-0.4, -0.2) is 29.8 Å². The Balaban J connectivity index is 1.52. The summed E-state index contributed by atoms with van der Waals surface area (Å²) in [5.41, 5.74) is 1.71. The lowest BCUT2D eigenvalue weighted by atomic mass is 9.96. The molecule has 0 spiro atoms. The van der Waals surface area contributed by atoms with Crippen molar-refractivity contribution in [2.75, 3.05) is 13.7 Å². The first-order valence-electron chi connectivity index (χ1n) is 10.3. The molecule has 0 radical (unpaired) electrons. The number of allylic oxidation sites excluding steroid dienone is 1. The van der Waals surface area contributed by atoms with Crippen molar-refractivity contribution < 1.29 is 19.0 Å². The first-order valence-corrected chi connectivity index (χ1v) is 12.7. The van der Waals surface area contributed by atoms with Crippen molar-refractivity contribution in [2.45, 2.75) is 32.0 Å². The molecule has 2 heterocycles. The summed E-state index contributed by atoms with van der Waals surface area (Å²) in [7, 11) is 1.59. The van der Waals surface area contributed by atoms with Gasteiger partial charge in [-0.15, -0.1) is 0 Å². The summed E-state index contributed by atoms with van der Waals surface area (Å²) < 4.78 is 18.7. The van der Waals surface area contributed by atoms with Crippen molar-refractivity contribution >= 4 is 67.6 Å². The predicted octanol–water partition coefficient (Wildman–Crippen LogP) is 6.86. The number of halogens is 2. The lowest BCUT2D eigenvalue weighted by Crippen LogP contribution is -2.20. The van der Waals surface area contributed by atoms with E-state index in [0.717, 1.165) is 39.2 Å². The molecule has 8 heteroatoms. The second kappa shape index (κ2) is 10.7. The smallest absolute Gasteiger partial charge is 0.178 e. The van der Waals surface area contributed by atoms with Crippen LogP contribution < -0.4 is 9.47 Å². The van der Waals surface area contributed by atoms with Crippen molar-refractivity contribution in [3.63, 3.8) is 0 Å². The highest BCUT2D eigenvalue weighted by molar-refractivity contribution is 9.10. The van der Waals surface area contributed by atoms with Crippen LogP contribution in [0.4, 0.5) is 0 Å². The van der Waals surface area contributed by atoms with Gasteiger partial charge in [-0.25, -0.2) is 0 Å². The number of rotatable bonds is 7. The number of ether oxygens (including phenoxy) is 3. The molecule has 2 aliphatic heterocycles. The Labute approximate surface area is 210 Å². The van der Waals surface area contributed by atoms with Gasteiger partial charge in [0, 0.05) is 21.7 Å².